The van der Waals surface area contributed by atoms with E-state index in [9.17, 15) is 9.59 Å². The summed E-state index contributed by atoms with van der Waals surface area (Å²) >= 11 is 0. The SMILES string of the molecule is O=c1c2c(-c3ccccc3)nc(-c3ccccc3)n2c2ccccc2n1CCCOCOCCn1c(=O)c2c(-c3ccccc3)nc(-c3ccccc3)n2c2ccccc21. The first-order valence-electron chi connectivity index (χ1n) is 20.1. The topological polar surface area (TPSA) is 97.1 Å². The Morgan fingerprint density at radius 1 is 0.400 bits per heavy atom. The number of fused-ring (bicyclic) bond motifs is 6. The maximum atomic E-state index is 14.5. The van der Waals surface area contributed by atoms with Crippen molar-refractivity contribution in [3.05, 3.63) is 191 Å². The van der Waals surface area contributed by atoms with Crippen LogP contribution >= 0.6 is 0 Å². The smallest absolute Gasteiger partial charge is 0.277 e. The molecule has 4 aromatic heterocycles. The Kier molecular flexibility index (Phi) is 9.90. The van der Waals surface area contributed by atoms with Crippen LogP contribution in [-0.4, -0.2) is 47.9 Å². The van der Waals surface area contributed by atoms with Crippen LogP contribution in [0.4, 0.5) is 0 Å². The highest BCUT2D eigenvalue weighted by Crippen LogP contribution is 2.33. The molecule has 0 aliphatic heterocycles. The highest BCUT2D eigenvalue weighted by Gasteiger charge is 2.23. The van der Waals surface area contributed by atoms with Gasteiger partial charge in [0.2, 0.25) is 0 Å². The number of aryl methyl sites for hydroxylation is 1. The predicted octanol–water partition coefficient (Wildman–Crippen LogP) is 9.36. The lowest BCUT2D eigenvalue weighted by Crippen LogP contribution is -2.25. The Labute approximate surface area is 344 Å². The van der Waals surface area contributed by atoms with Gasteiger partial charge in [-0.1, -0.05) is 146 Å². The molecule has 0 amide bonds. The third-order valence-corrected chi connectivity index (χ3v) is 10.9. The molecule has 60 heavy (non-hydrogen) atoms. The first kappa shape index (κ1) is 36.9. The number of benzene rings is 6. The molecule has 294 valence electrons. The van der Waals surface area contributed by atoms with E-state index >= 15 is 0 Å². The molecule has 10 rings (SSSR count). The van der Waals surface area contributed by atoms with E-state index in [-0.39, 0.29) is 24.5 Å². The van der Waals surface area contributed by atoms with E-state index in [1.807, 2.05) is 183 Å². The monoisotopic (exact) mass is 788 g/mol. The van der Waals surface area contributed by atoms with Crippen LogP contribution in [0.2, 0.25) is 0 Å². The minimum atomic E-state index is -0.147. The molecule has 10 heteroatoms. The minimum Gasteiger partial charge on any atom is -0.355 e. The first-order chi connectivity index (χ1) is 29.7. The van der Waals surface area contributed by atoms with Gasteiger partial charge in [-0.2, -0.15) is 0 Å². The molecule has 10 aromatic rings. The lowest BCUT2D eigenvalue weighted by Gasteiger charge is -2.15. The molecular formula is C50H40N6O4. The fourth-order valence-corrected chi connectivity index (χ4v) is 8.20. The van der Waals surface area contributed by atoms with Crippen molar-refractivity contribution in [3.63, 3.8) is 0 Å². The Bertz CT molecular complexity index is 3030. The van der Waals surface area contributed by atoms with Gasteiger partial charge in [0.1, 0.15) is 40.9 Å². The van der Waals surface area contributed by atoms with Gasteiger partial charge in [-0.05, 0) is 30.7 Å². The van der Waals surface area contributed by atoms with Gasteiger partial charge in [-0.3, -0.25) is 18.4 Å². The van der Waals surface area contributed by atoms with Gasteiger partial charge in [0.25, 0.3) is 11.1 Å². The molecule has 0 bridgehead atoms. The number of para-hydroxylation sites is 4. The Balaban J connectivity index is 0.879. The molecule has 0 atom stereocenters. The number of aromatic nitrogens is 6. The molecule has 0 unspecified atom stereocenters. The number of nitrogens with zero attached hydrogens (tertiary/aromatic N) is 6. The number of rotatable bonds is 13. The zero-order valence-electron chi connectivity index (χ0n) is 32.7. The summed E-state index contributed by atoms with van der Waals surface area (Å²) in [5, 5.41) is 0. The van der Waals surface area contributed by atoms with Crippen molar-refractivity contribution in [2.24, 2.45) is 0 Å². The van der Waals surface area contributed by atoms with Crippen molar-refractivity contribution >= 4 is 33.1 Å². The molecule has 0 saturated heterocycles. The number of imidazole rings is 2. The number of hydrogen-bond acceptors (Lipinski definition) is 6. The third-order valence-electron chi connectivity index (χ3n) is 10.9. The second kappa shape index (κ2) is 16.1. The Morgan fingerprint density at radius 2 is 0.767 bits per heavy atom. The van der Waals surface area contributed by atoms with Crippen LogP contribution in [0.25, 0.3) is 78.4 Å². The van der Waals surface area contributed by atoms with E-state index < -0.39 is 0 Å². The predicted molar refractivity (Wildman–Crippen MR) is 237 cm³/mol. The lowest BCUT2D eigenvalue weighted by atomic mass is 10.1. The zero-order chi connectivity index (χ0) is 40.4. The van der Waals surface area contributed by atoms with Gasteiger partial charge < -0.3 is 18.6 Å². The van der Waals surface area contributed by atoms with Crippen molar-refractivity contribution in [1.29, 1.82) is 0 Å². The summed E-state index contributed by atoms with van der Waals surface area (Å²) in [6.45, 7) is 1.44. The fourth-order valence-electron chi connectivity index (χ4n) is 8.20. The molecule has 4 heterocycles. The maximum Gasteiger partial charge on any atom is 0.277 e. The van der Waals surface area contributed by atoms with Crippen LogP contribution < -0.4 is 11.1 Å². The molecule has 6 aromatic carbocycles. The lowest BCUT2D eigenvalue weighted by molar-refractivity contribution is -0.0569. The Morgan fingerprint density at radius 3 is 1.22 bits per heavy atom. The Hall–Kier alpha value is -7.40. The number of hydrogen-bond donors (Lipinski definition) is 0. The van der Waals surface area contributed by atoms with Crippen LogP contribution in [0.5, 0.6) is 0 Å². The standard InChI is InChI=1S/C50H40N6O4/c57-49-45-43(35-18-5-1-6-19-35)51-47(37-22-9-3-10-23-37)55(45)41-28-15-13-26-39(41)53(49)30-17-32-59-34-60-33-31-54-40-27-14-16-29-42(40)56-46(50(54)58)44(36-20-7-2-8-21-36)52-48(56)38-24-11-4-12-25-38/h1-16,18-29H,17,30-34H2. The summed E-state index contributed by atoms with van der Waals surface area (Å²) in [7, 11) is 0. The van der Waals surface area contributed by atoms with Crippen LogP contribution in [0, 0.1) is 0 Å². The summed E-state index contributed by atoms with van der Waals surface area (Å²) in [5.41, 5.74) is 9.05. The molecule has 0 fully saturated rings. The second-order valence-corrected chi connectivity index (χ2v) is 14.6. The van der Waals surface area contributed by atoms with Crippen molar-refractivity contribution < 1.29 is 9.47 Å². The molecule has 0 aliphatic rings. The van der Waals surface area contributed by atoms with E-state index in [1.54, 1.807) is 4.57 Å². The maximum absolute atomic E-state index is 14.5. The van der Waals surface area contributed by atoms with Crippen molar-refractivity contribution in [2.45, 2.75) is 19.5 Å². The van der Waals surface area contributed by atoms with Gasteiger partial charge in [0.15, 0.2) is 0 Å². The summed E-state index contributed by atoms with van der Waals surface area (Å²) in [6.07, 6.45) is 0.581. The minimum absolute atomic E-state index is 0.0466. The summed E-state index contributed by atoms with van der Waals surface area (Å²) < 4.78 is 19.5. The van der Waals surface area contributed by atoms with Gasteiger partial charge in [-0.15, -0.1) is 0 Å². The summed E-state index contributed by atoms with van der Waals surface area (Å²) in [4.78, 5) is 39.2. The zero-order valence-corrected chi connectivity index (χ0v) is 32.7. The van der Waals surface area contributed by atoms with Crippen LogP contribution in [0.3, 0.4) is 0 Å². The van der Waals surface area contributed by atoms with Crippen molar-refractivity contribution in [2.75, 3.05) is 20.0 Å². The third kappa shape index (κ3) is 6.57. The highest BCUT2D eigenvalue weighted by atomic mass is 16.7. The highest BCUT2D eigenvalue weighted by molar-refractivity contribution is 5.90. The van der Waals surface area contributed by atoms with E-state index in [4.69, 9.17) is 19.4 Å². The van der Waals surface area contributed by atoms with Crippen LogP contribution in [-0.2, 0) is 22.6 Å². The fraction of sp³-hybridized carbons (Fsp3) is 0.120. The largest absolute Gasteiger partial charge is 0.355 e. The summed E-state index contributed by atoms with van der Waals surface area (Å²) in [5.74, 6) is 1.43. The van der Waals surface area contributed by atoms with Gasteiger partial charge in [0, 0.05) is 35.3 Å². The van der Waals surface area contributed by atoms with Crippen molar-refractivity contribution in [3.8, 4) is 45.3 Å². The van der Waals surface area contributed by atoms with Crippen LogP contribution in [0.15, 0.2) is 179 Å². The molecular weight excluding hydrogens is 749 g/mol. The molecule has 10 nitrogen and oxygen atoms in total. The van der Waals surface area contributed by atoms with E-state index in [0.29, 0.717) is 54.4 Å². The van der Waals surface area contributed by atoms with Gasteiger partial charge in [-0.25, -0.2) is 9.97 Å². The quantitative estimate of drug-likeness (QED) is 0.0854. The molecule has 0 aliphatic carbocycles. The second-order valence-electron chi connectivity index (χ2n) is 14.6. The average Bonchev–Trinajstić information content (AvgIpc) is 3.92. The van der Waals surface area contributed by atoms with Crippen LogP contribution in [0.1, 0.15) is 6.42 Å². The number of ether oxygens (including phenoxy) is 2. The average molecular weight is 789 g/mol. The van der Waals surface area contributed by atoms with E-state index in [1.165, 1.54) is 0 Å². The van der Waals surface area contributed by atoms with E-state index in [2.05, 4.69) is 0 Å². The normalized spacial score (nSPS) is 11.7. The summed E-state index contributed by atoms with van der Waals surface area (Å²) in [6, 6.07) is 55.5. The first-order valence-corrected chi connectivity index (χ1v) is 20.1. The molecule has 0 N–H and O–H groups in total. The van der Waals surface area contributed by atoms with E-state index in [0.717, 1.165) is 50.1 Å². The van der Waals surface area contributed by atoms with Gasteiger partial charge >= 0.3 is 0 Å². The molecule has 0 radical (unpaired) electrons. The van der Waals surface area contributed by atoms with Gasteiger partial charge in [0.05, 0.1) is 35.3 Å². The van der Waals surface area contributed by atoms with Crippen molar-refractivity contribution in [1.82, 2.24) is 27.9 Å². The molecule has 0 saturated carbocycles. The molecule has 0 spiro atoms.